The maximum absolute atomic E-state index is 6.50. The summed E-state index contributed by atoms with van der Waals surface area (Å²) in [6, 6.07) is 83.4. The maximum Gasteiger partial charge on any atom is 0.164 e. The smallest absolute Gasteiger partial charge is 0.164 e. The number of furan rings is 1. The van der Waals surface area contributed by atoms with Crippen LogP contribution in [0.15, 0.2) is 241 Å². The highest BCUT2D eigenvalue weighted by Gasteiger charge is 2.22. The molecule has 0 aliphatic carbocycles. The molecule has 5 heteroatoms. The van der Waals surface area contributed by atoms with Gasteiger partial charge in [0.25, 0.3) is 0 Å². The standard InChI is InChI=1S/C63H39N3OS/c1-4-19-40(20-5-1)43-37-38-56-55(39-43)58-54(35-18-36-57(58)67-56)63-65-61(42-23-8-3-9-24-42)64-62(66-63)53-30-15-14-29-49(53)47-27-11-10-25-45(47)46-26-12-13-28-48(46)50-32-17-34-52-51-33-16-31-44(59(51)68-60(50)52)41-21-6-2-7-22-41/h1-39H. The molecular weight excluding hydrogens is 847 g/mol. The molecule has 3 heterocycles. The summed E-state index contributed by atoms with van der Waals surface area (Å²) in [6.07, 6.45) is 0. The number of aromatic nitrogens is 3. The van der Waals surface area contributed by atoms with Crippen LogP contribution in [0.1, 0.15) is 0 Å². The minimum absolute atomic E-state index is 0.576. The predicted octanol–water partition coefficient (Wildman–Crippen LogP) is 17.5. The molecule has 68 heavy (non-hydrogen) atoms. The molecule has 10 aromatic carbocycles. The van der Waals surface area contributed by atoms with E-state index in [-0.39, 0.29) is 0 Å². The van der Waals surface area contributed by atoms with Gasteiger partial charge < -0.3 is 4.42 Å². The van der Waals surface area contributed by atoms with Crippen LogP contribution in [0.4, 0.5) is 0 Å². The highest BCUT2D eigenvalue weighted by atomic mass is 32.1. The summed E-state index contributed by atoms with van der Waals surface area (Å²) in [7, 11) is 0. The fourth-order valence-corrected chi connectivity index (χ4v) is 11.2. The van der Waals surface area contributed by atoms with Crippen LogP contribution in [0.3, 0.4) is 0 Å². The lowest BCUT2D eigenvalue weighted by Gasteiger charge is -2.17. The SMILES string of the molecule is c1ccc(-c2ccc3oc4cccc(-c5nc(-c6ccccc6)nc(-c6ccccc6-c6ccccc6-c6ccccc6-c6cccc7c6sc6c(-c8ccccc8)cccc67)n5)c4c3c2)cc1. The molecule has 0 fully saturated rings. The van der Waals surface area contributed by atoms with Crippen molar-refractivity contribution in [1.82, 2.24) is 15.0 Å². The fraction of sp³-hybridized carbons (Fsp3) is 0. The molecule has 0 amide bonds. The van der Waals surface area contributed by atoms with Crippen LogP contribution in [-0.4, -0.2) is 15.0 Å². The molecule has 0 aliphatic rings. The molecule has 13 rings (SSSR count). The number of rotatable bonds is 8. The first-order valence-corrected chi connectivity index (χ1v) is 23.7. The molecular formula is C63H39N3OS. The van der Waals surface area contributed by atoms with Crippen molar-refractivity contribution in [2.75, 3.05) is 0 Å². The van der Waals surface area contributed by atoms with Crippen LogP contribution in [0.5, 0.6) is 0 Å². The molecule has 0 bridgehead atoms. The van der Waals surface area contributed by atoms with E-state index in [9.17, 15) is 0 Å². The molecule has 0 aliphatic heterocycles. The predicted molar refractivity (Wildman–Crippen MR) is 283 cm³/mol. The minimum Gasteiger partial charge on any atom is -0.456 e. The van der Waals surface area contributed by atoms with Gasteiger partial charge in [-0.1, -0.05) is 218 Å². The van der Waals surface area contributed by atoms with Crippen LogP contribution in [0.25, 0.3) is 132 Å². The highest BCUT2D eigenvalue weighted by Crippen LogP contribution is 2.47. The zero-order valence-corrected chi connectivity index (χ0v) is 37.5. The van der Waals surface area contributed by atoms with Gasteiger partial charge in [-0.05, 0) is 68.3 Å². The van der Waals surface area contributed by atoms with Crippen molar-refractivity contribution in [3.8, 4) is 89.8 Å². The highest BCUT2D eigenvalue weighted by molar-refractivity contribution is 7.26. The largest absolute Gasteiger partial charge is 0.456 e. The molecule has 13 aromatic rings. The Balaban J connectivity index is 0.982. The van der Waals surface area contributed by atoms with Crippen LogP contribution >= 0.6 is 11.3 Å². The van der Waals surface area contributed by atoms with Gasteiger partial charge in [-0.15, -0.1) is 11.3 Å². The first-order valence-electron chi connectivity index (χ1n) is 22.8. The molecule has 0 radical (unpaired) electrons. The summed E-state index contributed by atoms with van der Waals surface area (Å²) in [5, 5.41) is 4.53. The van der Waals surface area contributed by atoms with E-state index in [2.05, 4.69) is 200 Å². The normalized spacial score (nSPS) is 11.5. The molecule has 0 spiro atoms. The minimum atomic E-state index is 0.576. The van der Waals surface area contributed by atoms with Crippen LogP contribution in [0.2, 0.25) is 0 Å². The van der Waals surface area contributed by atoms with E-state index in [4.69, 9.17) is 19.4 Å². The number of benzene rings is 10. The van der Waals surface area contributed by atoms with Gasteiger partial charge in [-0.25, -0.2) is 15.0 Å². The zero-order chi connectivity index (χ0) is 45.0. The van der Waals surface area contributed by atoms with Crippen molar-refractivity contribution in [2.45, 2.75) is 0 Å². The van der Waals surface area contributed by atoms with Crippen molar-refractivity contribution < 1.29 is 4.42 Å². The van der Waals surface area contributed by atoms with Crippen LogP contribution in [0, 0.1) is 0 Å². The number of fused-ring (bicyclic) bond motifs is 6. The van der Waals surface area contributed by atoms with Crippen molar-refractivity contribution in [1.29, 1.82) is 0 Å². The van der Waals surface area contributed by atoms with E-state index in [0.29, 0.717) is 17.5 Å². The second-order valence-corrected chi connectivity index (χ2v) is 18.0. The number of thiophene rings is 1. The van der Waals surface area contributed by atoms with Gasteiger partial charge in [-0.3, -0.25) is 0 Å². The van der Waals surface area contributed by atoms with Gasteiger partial charge in [0, 0.05) is 53.2 Å². The van der Waals surface area contributed by atoms with E-state index in [1.165, 1.54) is 42.4 Å². The Morgan fingerprint density at radius 2 is 0.706 bits per heavy atom. The maximum atomic E-state index is 6.50. The van der Waals surface area contributed by atoms with Gasteiger partial charge in [0.1, 0.15) is 11.2 Å². The van der Waals surface area contributed by atoms with Crippen molar-refractivity contribution in [3.05, 3.63) is 237 Å². The van der Waals surface area contributed by atoms with E-state index in [1.807, 2.05) is 47.7 Å². The van der Waals surface area contributed by atoms with E-state index in [0.717, 1.165) is 72.0 Å². The molecule has 0 atom stereocenters. The average Bonchev–Trinajstić information content (AvgIpc) is 4.00. The third kappa shape index (κ3) is 6.79. The van der Waals surface area contributed by atoms with Crippen LogP contribution < -0.4 is 0 Å². The Morgan fingerprint density at radius 3 is 1.34 bits per heavy atom. The van der Waals surface area contributed by atoms with Gasteiger partial charge in [0.05, 0.1) is 0 Å². The van der Waals surface area contributed by atoms with Crippen molar-refractivity contribution in [2.24, 2.45) is 0 Å². The Labute approximate surface area is 397 Å². The summed E-state index contributed by atoms with van der Waals surface area (Å²) in [6.45, 7) is 0. The summed E-state index contributed by atoms with van der Waals surface area (Å²) in [5.74, 6) is 1.76. The molecule has 3 aromatic heterocycles. The van der Waals surface area contributed by atoms with E-state index >= 15 is 0 Å². The van der Waals surface area contributed by atoms with Gasteiger partial charge in [-0.2, -0.15) is 0 Å². The second kappa shape index (κ2) is 16.6. The van der Waals surface area contributed by atoms with Crippen molar-refractivity contribution >= 4 is 53.4 Å². The Kier molecular flexibility index (Phi) is 9.66. The zero-order valence-electron chi connectivity index (χ0n) is 36.7. The Morgan fingerprint density at radius 1 is 0.265 bits per heavy atom. The lowest BCUT2D eigenvalue weighted by Crippen LogP contribution is -2.01. The summed E-state index contributed by atoms with van der Waals surface area (Å²) < 4.78 is 9.08. The molecule has 0 unspecified atom stereocenters. The number of hydrogen-bond acceptors (Lipinski definition) is 5. The molecule has 0 N–H and O–H groups in total. The van der Waals surface area contributed by atoms with E-state index < -0.39 is 0 Å². The summed E-state index contributed by atoms with van der Waals surface area (Å²) in [4.78, 5) is 15.9. The van der Waals surface area contributed by atoms with E-state index in [1.54, 1.807) is 0 Å². The first kappa shape index (κ1) is 39.6. The molecule has 0 saturated carbocycles. The van der Waals surface area contributed by atoms with Crippen LogP contribution in [-0.2, 0) is 0 Å². The first-order chi connectivity index (χ1) is 33.7. The topological polar surface area (TPSA) is 51.8 Å². The van der Waals surface area contributed by atoms with Gasteiger partial charge in [0.15, 0.2) is 17.5 Å². The van der Waals surface area contributed by atoms with Gasteiger partial charge >= 0.3 is 0 Å². The average molecular weight is 886 g/mol. The number of nitrogens with zero attached hydrogens (tertiary/aromatic N) is 3. The number of hydrogen-bond donors (Lipinski definition) is 0. The summed E-state index contributed by atoms with van der Waals surface area (Å²) in [5.41, 5.74) is 15.8. The molecule has 0 saturated heterocycles. The lowest BCUT2D eigenvalue weighted by atomic mass is 9.87. The lowest BCUT2D eigenvalue weighted by molar-refractivity contribution is 0.669. The monoisotopic (exact) mass is 885 g/mol. The molecule has 4 nitrogen and oxygen atoms in total. The summed E-state index contributed by atoms with van der Waals surface area (Å²) >= 11 is 1.88. The Hall–Kier alpha value is -8.77. The molecule has 318 valence electrons. The van der Waals surface area contributed by atoms with Gasteiger partial charge in [0.2, 0.25) is 0 Å². The van der Waals surface area contributed by atoms with Crippen molar-refractivity contribution in [3.63, 3.8) is 0 Å². The third-order valence-electron chi connectivity index (χ3n) is 13.0. The third-order valence-corrected chi connectivity index (χ3v) is 14.3. The quantitative estimate of drug-likeness (QED) is 0.153. The second-order valence-electron chi connectivity index (χ2n) is 17.0. The fourth-order valence-electron chi connectivity index (χ4n) is 9.85. The Bertz CT molecular complexity index is 4030.